The standard InChI is InChI=1S/C20H17ClFN3O2/c1-27-16-9-6-14(7-10-16)8-11-19(26)23-20-17(21)13-25(24-20)12-15-4-2-3-5-18(15)22/h2-11,13H,12H2,1H3,(H,23,24,26)/b11-8+. The Morgan fingerprint density at radius 1 is 1.26 bits per heavy atom. The number of amides is 1. The lowest BCUT2D eigenvalue weighted by Gasteiger charge is -2.03. The zero-order valence-electron chi connectivity index (χ0n) is 14.5. The highest BCUT2D eigenvalue weighted by Crippen LogP contribution is 2.21. The third-order valence-electron chi connectivity index (χ3n) is 3.79. The molecule has 0 radical (unpaired) electrons. The van der Waals surface area contributed by atoms with Crippen molar-refractivity contribution in [3.05, 3.63) is 82.8 Å². The first kappa shape index (κ1) is 18.7. The first-order chi connectivity index (χ1) is 13.0. The number of ether oxygens (including phenoxy) is 1. The number of hydrogen-bond acceptors (Lipinski definition) is 3. The van der Waals surface area contributed by atoms with E-state index in [2.05, 4.69) is 10.4 Å². The molecule has 0 atom stereocenters. The molecule has 3 rings (SSSR count). The molecule has 3 aromatic rings. The second-order valence-electron chi connectivity index (χ2n) is 5.71. The predicted molar refractivity (Wildman–Crippen MR) is 103 cm³/mol. The van der Waals surface area contributed by atoms with E-state index in [1.165, 1.54) is 23.0 Å². The Morgan fingerprint density at radius 2 is 2.00 bits per heavy atom. The van der Waals surface area contributed by atoms with Crippen molar-refractivity contribution in [3.63, 3.8) is 0 Å². The fourth-order valence-corrected chi connectivity index (χ4v) is 2.61. The van der Waals surface area contributed by atoms with Gasteiger partial charge in [0, 0.05) is 17.8 Å². The second-order valence-corrected chi connectivity index (χ2v) is 6.12. The topological polar surface area (TPSA) is 56.1 Å². The SMILES string of the molecule is COc1ccc(/C=C/C(=O)Nc2nn(Cc3ccccc3F)cc2Cl)cc1. The van der Waals surface area contributed by atoms with Crippen LogP contribution in [-0.4, -0.2) is 22.8 Å². The summed E-state index contributed by atoms with van der Waals surface area (Å²) in [5.74, 6) is 0.266. The molecule has 0 saturated carbocycles. The molecule has 1 amide bonds. The summed E-state index contributed by atoms with van der Waals surface area (Å²) in [6, 6.07) is 13.7. The van der Waals surface area contributed by atoms with Crippen molar-refractivity contribution in [1.29, 1.82) is 0 Å². The Hall–Kier alpha value is -3.12. The quantitative estimate of drug-likeness (QED) is 0.640. The van der Waals surface area contributed by atoms with Gasteiger partial charge < -0.3 is 10.1 Å². The molecule has 0 aliphatic rings. The largest absolute Gasteiger partial charge is 0.497 e. The lowest BCUT2D eigenvalue weighted by molar-refractivity contribution is -0.111. The van der Waals surface area contributed by atoms with Crippen molar-refractivity contribution in [2.24, 2.45) is 0 Å². The van der Waals surface area contributed by atoms with E-state index >= 15 is 0 Å². The number of benzene rings is 2. The zero-order chi connectivity index (χ0) is 19.2. The van der Waals surface area contributed by atoms with E-state index in [0.29, 0.717) is 5.56 Å². The van der Waals surface area contributed by atoms with E-state index in [0.717, 1.165) is 11.3 Å². The molecule has 0 saturated heterocycles. The Balaban J connectivity index is 1.64. The van der Waals surface area contributed by atoms with E-state index in [-0.39, 0.29) is 29.1 Å². The molecule has 1 N–H and O–H groups in total. The van der Waals surface area contributed by atoms with Gasteiger partial charge in [0.1, 0.15) is 16.6 Å². The van der Waals surface area contributed by atoms with Gasteiger partial charge in [0.25, 0.3) is 0 Å². The van der Waals surface area contributed by atoms with Crippen molar-refractivity contribution in [1.82, 2.24) is 9.78 Å². The van der Waals surface area contributed by atoms with Crippen LogP contribution in [0.4, 0.5) is 10.2 Å². The highest BCUT2D eigenvalue weighted by Gasteiger charge is 2.10. The Labute approximate surface area is 161 Å². The minimum Gasteiger partial charge on any atom is -0.497 e. The van der Waals surface area contributed by atoms with Crippen LogP contribution in [0.2, 0.25) is 5.02 Å². The molecule has 2 aromatic carbocycles. The number of rotatable bonds is 6. The molecular weight excluding hydrogens is 369 g/mol. The lowest BCUT2D eigenvalue weighted by atomic mass is 10.2. The molecular formula is C20H17ClFN3O2. The van der Waals surface area contributed by atoms with Gasteiger partial charge in [-0.2, -0.15) is 5.10 Å². The number of anilines is 1. The molecule has 1 heterocycles. The van der Waals surface area contributed by atoms with E-state index < -0.39 is 0 Å². The number of halogens is 2. The van der Waals surface area contributed by atoms with Gasteiger partial charge in [0.05, 0.1) is 13.7 Å². The van der Waals surface area contributed by atoms with Crippen LogP contribution >= 0.6 is 11.6 Å². The van der Waals surface area contributed by atoms with E-state index in [1.807, 2.05) is 12.1 Å². The minimum absolute atomic E-state index is 0.212. The first-order valence-corrected chi connectivity index (χ1v) is 8.52. The van der Waals surface area contributed by atoms with Crippen LogP contribution in [0.15, 0.2) is 60.8 Å². The highest BCUT2D eigenvalue weighted by molar-refractivity contribution is 6.33. The Kier molecular flexibility index (Phi) is 5.88. The van der Waals surface area contributed by atoms with Crippen LogP contribution in [0.5, 0.6) is 5.75 Å². The highest BCUT2D eigenvalue weighted by atomic mass is 35.5. The average molecular weight is 386 g/mol. The van der Waals surface area contributed by atoms with Crippen LogP contribution in [0, 0.1) is 5.82 Å². The van der Waals surface area contributed by atoms with Gasteiger partial charge in [-0.3, -0.25) is 9.48 Å². The van der Waals surface area contributed by atoms with E-state index in [1.54, 1.807) is 43.5 Å². The molecule has 0 fully saturated rings. The van der Waals surface area contributed by atoms with Crippen molar-refractivity contribution in [3.8, 4) is 5.75 Å². The third kappa shape index (κ3) is 4.95. The number of carbonyl (C=O) groups is 1. The van der Waals surface area contributed by atoms with E-state index in [9.17, 15) is 9.18 Å². The van der Waals surface area contributed by atoms with Gasteiger partial charge in [-0.25, -0.2) is 4.39 Å². The first-order valence-electron chi connectivity index (χ1n) is 8.14. The fraction of sp³-hybridized carbons (Fsp3) is 0.100. The average Bonchev–Trinajstić information content (AvgIpc) is 3.01. The van der Waals surface area contributed by atoms with Gasteiger partial charge in [-0.15, -0.1) is 0 Å². The fourth-order valence-electron chi connectivity index (χ4n) is 2.41. The number of nitrogens with one attached hydrogen (secondary N) is 1. The summed E-state index contributed by atoms with van der Waals surface area (Å²) in [6.07, 6.45) is 4.59. The van der Waals surface area contributed by atoms with Gasteiger partial charge in [-0.05, 0) is 29.8 Å². The van der Waals surface area contributed by atoms with Crippen LogP contribution in [-0.2, 0) is 11.3 Å². The van der Waals surface area contributed by atoms with Gasteiger partial charge in [-0.1, -0.05) is 41.9 Å². The number of methoxy groups -OCH3 is 1. The van der Waals surface area contributed by atoms with Crippen LogP contribution in [0.25, 0.3) is 6.08 Å². The third-order valence-corrected chi connectivity index (χ3v) is 4.07. The molecule has 5 nitrogen and oxygen atoms in total. The number of hydrogen-bond donors (Lipinski definition) is 1. The monoisotopic (exact) mass is 385 g/mol. The maximum absolute atomic E-state index is 13.7. The molecule has 0 aliphatic heterocycles. The van der Waals surface area contributed by atoms with Crippen molar-refractivity contribution < 1.29 is 13.9 Å². The number of aromatic nitrogens is 2. The summed E-state index contributed by atoms with van der Waals surface area (Å²) in [5, 5.41) is 7.09. The maximum Gasteiger partial charge on any atom is 0.249 e. The molecule has 0 unspecified atom stereocenters. The Morgan fingerprint density at radius 3 is 2.70 bits per heavy atom. The predicted octanol–water partition coefficient (Wildman–Crippen LogP) is 4.38. The molecule has 138 valence electrons. The van der Waals surface area contributed by atoms with Crippen LogP contribution in [0.1, 0.15) is 11.1 Å². The molecule has 0 spiro atoms. The summed E-state index contributed by atoms with van der Waals surface area (Å²) in [7, 11) is 1.59. The van der Waals surface area contributed by atoms with Crippen LogP contribution in [0.3, 0.4) is 0 Å². The van der Waals surface area contributed by atoms with Crippen molar-refractivity contribution >= 4 is 29.4 Å². The number of nitrogens with zero attached hydrogens (tertiary/aromatic N) is 2. The lowest BCUT2D eigenvalue weighted by Crippen LogP contribution is -2.10. The van der Waals surface area contributed by atoms with Gasteiger partial charge in [0.15, 0.2) is 5.82 Å². The Bertz CT molecular complexity index is 968. The summed E-state index contributed by atoms with van der Waals surface area (Å²) in [6.45, 7) is 0.212. The normalized spacial score (nSPS) is 10.9. The summed E-state index contributed by atoms with van der Waals surface area (Å²) < 4.78 is 20.3. The molecule has 27 heavy (non-hydrogen) atoms. The van der Waals surface area contributed by atoms with Crippen molar-refractivity contribution in [2.75, 3.05) is 12.4 Å². The number of carbonyl (C=O) groups excluding carboxylic acids is 1. The summed E-state index contributed by atoms with van der Waals surface area (Å²) >= 11 is 6.12. The van der Waals surface area contributed by atoms with Gasteiger partial charge >= 0.3 is 0 Å². The molecule has 1 aromatic heterocycles. The van der Waals surface area contributed by atoms with Crippen molar-refractivity contribution in [2.45, 2.75) is 6.54 Å². The van der Waals surface area contributed by atoms with Crippen LogP contribution < -0.4 is 10.1 Å². The minimum atomic E-state index is -0.371. The maximum atomic E-state index is 13.7. The molecule has 0 bridgehead atoms. The summed E-state index contributed by atoms with van der Waals surface area (Å²) in [4.78, 5) is 12.1. The molecule has 7 heteroatoms. The summed E-state index contributed by atoms with van der Waals surface area (Å²) in [5.41, 5.74) is 1.33. The molecule has 0 aliphatic carbocycles. The zero-order valence-corrected chi connectivity index (χ0v) is 15.3. The van der Waals surface area contributed by atoms with E-state index in [4.69, 9.17) is 16.3 Å². The van der Waals surface area contributed by atoms with Gasteiger partial charge in [0.2, 0.25) is 5.91 Å². The second kappa shape index (κ2) is 8.51. The smallest absolute Gasteiger partial charge is 0.249 e.